The van der Waals surface area contributed by atoms with Gasteiger partial charge in [0.05, 0.1) is 38.7 Å². The van der Waals surface area contributed by atoms with Gasteiger partial charge in [-0.15, -0.1) is 0 Å². The summed E-state index contributed by atoms with van der Waals surface area (Å²) >= 11 is 6.00. The summed E-state index contributed by atoms with van der Waals surface area (Å²) in [5.41, 5.74) is 1.57. The second kappa shape index (κ2) is 20.6. The quantitative estimate of drug-likeness (QED) is 0.129. The Morgan fingerprint density at radius 2 is 1.29 bits per heavy atom. The van der Waals surface area contributed by atoms with Crippen LogP contribution in [0.1, 0.15) is 28.8 Å². The number of ether oxygens (including phenoxy) is 1. The zero-order valence-electron chi connectivity index (χ0n) is 30.6. The fourth-order valence-corrected chi connectivity index (χ4v) is 6.70. The topological polar surface area (TPSA) is 222 Å². The molecule has 0 spiro atoms. The number of carboxylic acid groups (broad SMARTS) is 4. The molecule has 298 valence electrons. The molecule has 1 aliphatic heterocycles. The van der Waals surface area contributed by atoms with Gasteiger partial charge >= 0.3 is 23.9 Å². The highest BCUT2D eigenvalue weighted by atomic mass is 35.5. The molecular formula is C37H47ClN6O11. The largest absolute Gasteiger partial charge is 0.497 e. The second-order valence-electron chi connectivity index (χ2n) is 13.3. The molecule has 1 atom stereocenters. The van der Waals surface area contributed by atoms with Crippen molar-refractivity contribution in [1.29, 1.82) is 0 Å². The summed E-state index contributed by atoms with van der Waals surface area (Å²) < 4.78 is 6.85. The minimum Gasteiger partial charge on any atom is -0.497 e. The lowest BCUT2D eigenvalue weighted by Crippen LogP contribution is -2.51. The highest BCUT2D eigenvalue weighted by Gasteiger charge is 2.28. The van der Waals surface area contributed by atoms with E-state index in [0.717, 1.165) is 0 Å². The van der Waals surface area contributed by atoms with Crippen LogP contribution in [0, 0.1) is 0 Å². The molecule has 1 fully saturated rings. The van der Waals surface area contributed by atoms with Crippen molar-refractivity contribution >= 4 is 58.2 Å². The molecule has 5 N–H and O–H groups in total. The number of aromatic nitrogens is 1. The van der Waals surface area contributed by atoms with Gasteiger partial charge in [0.15, 0.2) is 0 Å². The van der Waals surface area contributed by atoms with Gasteiger partial charge in [0.2, 0.25) is 5.91 Å². The number of rotatable bonds is 16. The number of carboxylic acids is 4. The van der Waals surface area contributed by atoms with Crippen LogP contribution in [-0.2, 0) is 30.4 Å². The zero-order chi connectivity index (χ0) is 40.1. The van der Waals surface area contributed by atoms with Gasteiger partial charge in [0.1, 0.15) is 11.8 Å². The van der Waals surface area contributed by atoms with E-state index in [-0.39, 0.29) is 110 Å². The first-order chi connectivity index (χ1) is 26.2. The van der Waals surface area contributed by atoms with Crippen molar-refractivity contribution in [3.8, 4) is 5.75 Å². The number of nitrogens with one attached hydrogen (secondary N) is 1. The van der Waals surface area contributed by atoms with E-state index in [0.29, 0.717) is 32.8 Å². The fourth-order valence-electron chi connectivity index (χ4n) is 6.58. The molecule has 55 heavy (non-hydrogen) atoms. The standard InChI is InChI=1S/C37H47ClN6O11/c1-55-28-8-9-30-29(20-28)26(21-44(30)36(52)25-4-6-27(38)7-5-25)19-32(45)39-10-2-3-31(37(53)54)43-17-15-41(23-34(48)49)13-11-40(22-33(46)47)12-14-42(16-18-43)24-35(50)51/h4-9,20-21,31H,2-3,10-19,22-24H2,1H3,(H,39,45)(H,46,47)(H,48,49)(H,50,51)(H,53,54). The summed E-state index contributed by atoms with van der Waals surface area (Å²) in [5, 5.41) is 42.7. The molecule has 18 heteroatoms. The number of aliphatic carboxylic acids is 4. The number of carbonyl (C=O) groups is 6. The number of amides is 1. The molecule has 2 aromatic carbocycles. The molecular weight excluding hydrogens is 740 g/mol. The van der Waals surface area contributed by atoms with Crippen molar-refractivity contribution in [2.75, 3.05) is 85.6 Å². The van der Waals surface area contributed by atoms with Gasteiger partial charge in [0, 0.05) is 81.1 Å². The van der Waals surface area contributed by atoms with Gasteiger partial charge in [-0.2, -0.15) is 0 Å². The van der Waals surface area contributed by atoms with Crippen LogP contribution in [-0.4, -0.2) is 172 Å². The van der Waals surface area contributed by atoms with E-state index in [1.807, 2.05) is 0 Å². The third-order valence-corrected chi connectivity index (χ3v) is 9.66. The maximum absolute atomic E-state index is 13.4. The Bertz CT molecular complexity index is 1800. The Kier molecular flexibility index (Phi) is 16.0. The van der Waals surface area contributed by atoms with Gasteiger partial charge in [-0.3, -0.25) is 52.9 Å². The van der Waals surface area contributed by atoms with Crippen LogP contribution in [0.3, 0.4) is 0 Å². The van der Waals surface area contributed by atoms with E-state index in [2.05, 4.69) is 5.32 Å². The van der Waals surface area contributed by atoms with Gasteiger partial charge < -0.3 is 30.5 Å². The van der Waals surface area contributed by atoms with E-state index in [1.54, 1.807) is 68.3 Å². The molecule has 0 bridgehead atoms. The van der Waals surface area contributed by atoms with Crippen molar-refractivity contribution in [3.05, 3.63) is 64.8 Å². The SMILES string of the molecule is COc1ccc2c(c1)c(CC(=O)NCCCC(C(=O)O)N1CCN(CC(=O)O)CCN(CC(=O)O)CCN(CC(=O)O)CC1)cn2C(=O)c1ccc(Cl)cc1. The summed E-state index contributed by atoms with van der Waals surface area (Å²) in [6.07, 6.45) is 1.96. The average molecular weight is 787 g/mol. The Balaban J connectivity index is 1.43. The molecule has 0 aliphatic carbocycles. The summed E-state index contributed by atoms with van der Waals surface area (Å²) in [6, 6.07) is 10.7. The van der Waals surface area contributed by atoms with Crippen LogP contribution < -0.4 is 10.1 Å². The molecule has 1 aromatic heterocycles. The lowest BCUT2D eigenvalue weighted by Gasteiger charge is -2.35. The Morgan fingerprint density at radius 1 is 0.764 bits per heavy atom. The van der Waals surface area contributed by atoms with Crippen LogP contribution in [0.2, 0.25) is 5.02 Å². The molecule has 4 rings (SSSR count). The average Bonchev–Trinajstić information content (AvgIpc) is 3.48. The third kappa shape index (κ3) is 13.0. The highest BCUT2D eigenvalue weighted by Crippen LogP contribution is 2.27. The number of halogens is 1. The first-order valence-electron chi connectivity index (χ1n) is 17.8. The monoisotopic (exact) mass is 786 g/mol. The molecule has 2 heterocycles. The second-order valence-corrected chi connectivity index (χ2v) is 13.7. The van der Waals surface area contributed by atoms with E-state index in [4.69, 9.17) is 16.3 Å². The van der Waals surface area contributed by atoms with Crippen molar-refractivity contribution in [1.82, 2.24) is 29.5 Å². The molecule has 1 saturated heterocycles. The lowest BCUT2D eigenvalue weighted by atomic mass is 10.1. The van der Waals surface area contributed by atoms with E-state index in [1.165, 1.54) is 11.7 Å². The number of methoxy groups -OCH3 is 1. The summed E-state index contributed by atoms with van der Waals surface area (Å²) in [6.45, 7) is 0.688. The Hall–Kier alpha value is -5.07. The molecule has 1 amide bonds. The van der Waals surface area contributed by atoms with Crippen molar-refractivity contribution < 1.29 is 53.9 Å². The van der Waals surface area contributed by atoms with Crippen LogP contribution in [0.4, 0.5) is 0 Å². The predicted octanol–water partition coefficient (Wildman–Crippen LogP) is 1.36. The minimum atomic E-state index is -1.12. The van der Waals surface area contributed by atoms with E-state index >= 15 is 0 Å². The number of nitrogens with zero attached hydrogens (tertiary/aromatic N) is 5. The number of fused-ring (bicyclic) bond motifs is 1. The normalized spacial score (nSPS) is 16.1. The van der Waals surface area contributed by atoms with Crippen LogP contribution >= 0.6 is 11.6 Å². The molecule has 3 aromatic rings. The molecule has 1 aliphatic rings. The predicted molar refractivity (Wildman–Crippen MR) is 201 cm³/mol. The third-order valence-electron chi connectivity index (χ3n) is 9.41. The van der Waals surface area contributed by atoms with E-state index < -0.39 is 29.9 Å². The van der Waals surface area contributed by atoms with Crippen LogP contribution in [0.5, 0.6) is 5.75 Å². The van der Waals surface area contributed by atoms with Crippen molar-refractivity contribution in [2.24, 2.45) is 0 Å². The Labute approximate surface area is 322 Å². The first kappa shape index (κ1) is 42.7. The highest BCUT2D eigenvalue weighted by molar-refractivity contribution is 6.30. The van der Waals surface area contributed by atoms with Crippen molar-refractivity contribution in [2.45, 2.75) is 25.3 Å². The molecule has 0 radical (unpaired) electrons. The number of benzene rings is 2. The summed E-state index contributed by atoms with van der Waals surface area (Å²) in [7, 11) is 1.52. The molecule has 17 nitrogen and oxygen atoms in total. The van der Waals surface area contributed by atoms with E-state index in [9.17, 15) is 49.2 Å². The van der Waals surface area contributed by atoms with Gasteiger partial charge in [0.25, 0.3) is 5.91 Å². The van der Waals surface area contributed by atoms with Crippen molar-refractivity contribution in [3.63, 3.8) is 0 Å². The molecule has 0 saturated carbocycles. The summed E-state index contributed by atoms with van der Waals surface area (Å²) in [4.78, 5) is 80.5. The number of hydrogen-bond donors (Lipinski definition) is 5. The Morgan fingerprint density at radius 3 is 1.78 bits per heavy atom. The van der Waals surface area contributed by atoms with Gasteiger partial charge in [-0.05, 0) is 60.9 Å². The van der Waals surface area contributed by atoms with Crippen LogP contribution in [0.15, 0.2) is 48.7 Å². The number of carbonyl (C=O) groups excluding carboxylic acids is 2. The van der Waals surface area contributed by atoms with Gasteiger partial charge in [-0.25, -0.2) is 0 Å². The maximum atomic E-state index is 13.4. The fraction of sp³-hybridized carbons (Fsp3) is 0.459. The first-order valence-corrected chi connectivity index (χ1v) is 18.2. The zero-order valence-corrected chi connectivity index (χ0v) is 31.3. The molecule has 1 unspecified atom stereocenters. The minimum absolute atomic E-state index is 0.0677. The summed E-state index contributed by atoms with van der Waals surface area (Å²) in [5.74, 6) is -4.46. The maximum Gasteiger partial charge on any atom is 0.320 e. The smallest absolute Gasteiger partial charge is 0.320 e. The van der Waals surface area contributed by atoms with Crippen LogP contribution in [0.25, 0.3) is 10.9 Å². The lowest BCUT2D eigenvalue weighted by molar-refractivity contribution is -0.145. The van der Waals surface area contributed by atoms with Gasteiger partial charge in [-0.1, -0.05) is 11.6 Å². The number of hydrogen-bond acceptors (Lipinski definition) is 11.